The summed E-state index contributed by atoms with van der Waals surface area (Å²) in [4.78, 5) is 17.1. The number of hydrogen-bond acceptors (Lipinski definition) is 7. The molecule has 0 radical (unpaired) electrons. The molecular weight excluding hydrogens is 294 g/mol. The summed E-state index contributed by atoms with van der Waals surface area (Å²) in [5.41, 5.74) is 10.0. The Balaban J connectivity index is 2.50. The lowest BCUT2D eigenvalue weighted by Crippen LogP contribution is -2.43. The molecule has 21 heavy (non-hydrogen) atoms. The zero-order chi connectivity index (χ0) is 15.8. The quantitative estimate of drug-likeness (QED) is 0.376. The topological polar surface area (TPSA) is 159 Å². The van der Waals surface area contributed by atoms with Crippen LogP contribution in [0.15, 0.2) is 16.1 Å². The Labute approximate surface area is 115 Å². The van der Waals surface area contributed by atoms with Gasteiger partial charge in [-0.25, -0.2) is 13.6 Å². The van der Waals surface area contributed by atoms with E-state index in [1.807, 2.05) is 0 Å². The summed E-state index contributed by atoms with van der Waals surface area (Å²) in [6, 6.07) is 0. The minimum atomic E-state index is -2.32. The van der Waals surface area contributed by atoms with Crippen molar-refractivity contribution in [2.75, 3.05) is 12.3 Å². The number of alkyl halides is 1. The van der Waals surface area contributed by atoms with E-state index in [4.69, 9.17) is 21.1 Å². The second kappa shape index (κ2) is 5.26. The van der Waals surface area contributed by atoms with Crippen LogP contribution < -0.4 is 11.4 Å². The van der Waals surface area contributed by atoms with Gasteiger partial charge in [0.05, 0.1) is 12.8 Å². The largest absolute Gasteiger partial charge is 0.393 e. The number of aliphatic hydroxyl groups excluding tert-OH is 2. The maximum absolute atomic E-state index is 14.1. The standard InChI is InChI=1S/C9H10F2N6O4/c10-3-1-17(8(20)14-6(3)12)7-4(11)5(19)9(2-18,21-7)15-16-13/h1,4-5,7,18-19H,2H2,(H2,12,14,20)/t4-,5-,7+,9+/m0/s1. The highest BCUT2D eigenvalue weighted by Crippen LogP contribution is 2.39. The normalized spacial score (nSPS) is 31.9. The lowest BCUT2D eigenvalue weighted by molar-refractivity contribution is -0.124. The van der Waals surface area contributed by atoms with Crippen LogP contribution in [-0.4, -0.2) is 44.4 Å². The molecule has 4 N–H and O–H groups in total. The van der Waals surface area contributed by atoms with Crippen molar-refractivity contribution in [1.29, 1.82) is 0 Å². The highest BCUT2D eigenvalue weighted by atomic mass is 19.1. The Morgan fingerprint density at radius 2 is 2.38 bits per heavy atom. The summed E-state index contributed by atoms with van der Waals surface area (Å²) in [5, 5.41) is 21.9. The molecule has 0 bridgehead atoms. The van der Waals surface area contributed by atoms with Gasteiger partial charge >= 0.3 is 5.69 Å². The second-order valence-electron chi connectivity index (χ2n) is 4.25. The minimum absolute atomic E-state index is 0.407. The van der Waals surface area contributed by atoms with Gasteiger partial charge in [0, 0.05) is 4.91 Å². The number of nitrogens with two attached hydrogens (primary N) is 1. The van der Waals surface area contributed by atoms with Crippen molar-refractivity contribution < 1.29 is 23.7 Å². The Hall–Kier alpha value is -2.27. The van der Waals surface area contributed by atoms with Crippen molar-refractivity contribution in [2.24, 2.45) is 5.11 Å². The van der Waals surface area contributed by atoms with Crippen molar-refractivity contribution in [2.45, 2.75) is 24.2 Å². The number of nitrogens with zero attached hydrogens (tertiary/aromatic N) is 5. The molecule has 0 aliphatic carbocycles. The molecule has 1 saturated heterocycles. The predicted octanol–water partition coefficient (Wildman–Crippen LogP) is -0.809. The third-order valence-corrected chi connectivity index (χ3v) is 3.01. The Kier molecular flexibility index (Phi) is 3.78. The molecule has 114 valence electrons. The van der Waals surface area contributed by atoms with Crippen LogP contribution in [0.4, 0.5) is 14.6 Å². The van der Waals surface area contributed by atoms with Crippen LogP contribution in [0.5, 0.6) is 0 Å². The van der Waals surface area contributed by atoms with Crippen molar-refractivity contribution in [3.63, 3.8) is 0 Å². The summed E-state index contributed by atoms with van der Waals surface area (Å²) in [5.74, 6) is -1.79. The molecular formula is C9H10F2N6O4. The van der Waals surface area contributed by atoms with Gasteiger partial charge in [-0.2, -0.15) is 4.98 Å². The first-order valence-electron chi connectivity index (χ1n) is 5.57. The van der Waals surface area contributed by atoms with E-state index in [1.54, 1.807) is 0 Å². The Morgan fingerprint density at radius 1 is 1.71 bits per heavy atom. The first-order chi connectivity index (χ1) is 9.86. The fourth-order valence-electron chi connectivity index (χ4n) is 1.92. The smallest absolute Gasteiger partial charge is 0.351 e. The van der Waals surface area contributed by atoms with Gasteiger partial charge in [0.15, 0.2) is 24.0 Å². The monoisotopic (exact) mass is 304 g/mol. The highest BCUT2D eigenvalue weighted by Gasteiger charge is 2.56. The molecule has 1 aromatic heterocycles. The Morgan fingerprint density at radius 3 is 2.95 bits per heavy atom. The van der Waals surface area contributed by atoms with Gasteiger partial charge in [-0.05, 0) is 5.53 Å². The molecule has 0 spiro atoms. The Bertz CT molecular complexity index is 662. The molecule has 2 heterocycles. The number of halogens is 2. The molecule has 1 fully saturated rings. The molecule has 4 atom stereocenters. The van der Waals surface area contributed by atoms with E-state index in [-0.39, 0.29) is 0 Å². The van der Waals surface area contributed by atoms with E-state index in [0.717, 1.165) is 0 Å². The number of azide groups is 1. The SMILES string of the molecule is [N-]=[N+]=N[C@]1(CO)O[C@@H](n2cc(F)c(N)nc2=O)[C@@H](F)[C@@H]1O. The van der Waals surface area contributed by atoms with Crippen molar-refractivity contribution in [3.05, 3.63) is 32.9 Å². The van der Waals surface area contributed by atoms with Crippen LogP contribution in [0.2, 0.25) is 0 Å². The molecule has 2 rings (SSSR count). The van der Waals surface area contributed by atoms with E-state index in [0.29, 0.717) is 10.8 Å². The lowest BCUT2D eigenvalue weighted by Gasteiger charge is -2.23. The molecule has 12 heteroatoms. The van der Waals surface area contributed by atoms with Gasteiger partial charge in [0.2, 0.25) is 5.72 Å². The number of rotatable bonds is 3. The zero-order valence-corrected chi connectivity index (χ0v) is 10.3. The number of aromatic nitrogens is 2. The van der Waals surface area contributed by atoms with E-state index in [2.05, 4.69) is 15.0 Å². The summed E-state index contributed by atoms with van der Waals surface area (Å²) in [6.45, 7) is -1.05. The lowest BCUT2D eigenvalue weighted by atomic mass is 10.1. The van der Waals surface area contributed by atoms with Crippen LogP contribution in [0.25, 0.3) is 10.4 Å². The summed E-state index contributed by atoms with van der Waals surface area (Å²) in [7, 11) is 0. The van der Waals surface area contributed by atoms with Crippen molar-refractivity contribution in [1.82, 2.24) is 9.55 Å². The molecule has 1 aliphatic heterocycles. The van der Waals surface area contributed by atoms with Gasteiger partial charge in [0.1, 0.15) is 6.10 Å². The maximum Gasteiger partial charge on any atom is 0.351 e. The van der Waals surface area contributed by atoms with Crippen molar-refractivity contribution >= 4 is 5.82 Å². The molecule has 1 aromatic rings. The third-order valence-electron chi connectivity index (χ3n) is 3.01. The van der Waals surface area contributed by atoms with E-state index >= 15 is 0 Å². The summed E-state index contributed by atoms with van der Waals surface area (Å²) < 4.78 is 32.8. The number of aliphatic hydroxyl groups is 2. The maximum atomic E-state index is 14.1. The number of nitrogen functional groups attached to an aromatic ring is 1. The number of ether oxygens (including phenoxy) is 1. The first kappa shape index (κ1) is 15.1. The van der Waals surface area contributed by atoms with Gasteiger partial charge in [-0.15, -0.1) is 0 Å². The average molecular weight is 304 g/mol. The van der Waals surface area contributed by atoms with Gasteiger partial charge < -0.3 is 20.7 Å². The van der Waals surface area contributed by atoms with Gasteiger partial charge in [-0.3, -0.25) is 4.57 Å². The number of anilines is 1. The molecule has 0 saturated carbocycles. The van der Waals surface area contributed by atoms with Crippen LogP contribution in [0.3, 0.4) is 0 Å². The van der Waals surface area contributed by atoms with Gasteiger partial charge in [0.25, 0.3) is 0 Å². The van der Waals surface area contributed by atoms with E-state index in [9.17, 15) is 18.7 Å². The summed E-state index contributed by atoms with van der Waals surface area (Å²) in [6.07, 6.45) is -5.63. The second-order valence-corrected chi connectivity index (χ2v) is 4.25. The highest BCUT2D eigenvalue weighted by molar-refractivity contribution is 5.26. The fourth-order valence-corrected chi connectivity index (χ4v) is 1.92. The molecule has 0 unspecified atom stereocenters. The van der Waals surface area contributed by atoms with Crippen LogP contribution in [0, 0.1) is 5.82 Å². The molecule has 10 nitrogen and oxygen atoms in total. The fraction of sp³-hybridized carbons (Fsp3) is 0.556. The third kappa shape index (κ3) is 2.29. The molecule has 1 aliphatic rings. The predicted molar refractivity (Wildman–Crippen MR) is 62.9 cm³/mol. The number of hydrogen-bond donors (Lipinski definition) is 3. The van der Waals surface area contributed by atoms with Gasteiger partial charge in [-0.1, -0.05) is 5.11 Å². The summed E-state index contributed by atoms with van der Waals surface area (Å²) >= 11 is 0. The van der Waals surface area contributed by atoms with Crippen molar-refractivity contribution in [3.8, 4) is 0 Å². The first-order valence-corrected chi connectivity index (χ1v) is 5.57. The van der Waals surface area contributed by atoms with Crippen LogP contribution in [-0.2, 0) is 4.74 Å². The van der Waals surface area contributed by atoms with E-state index in [1.165, 1.54) is 0 Å². The van der Waals surface area contributed by atoms with Crippen LogP contribution >= 0.6 is 0 Å². The average Bonchev–Trinajstić information content (AvgIpc) is 2.69. The zero-order valence-electron chi connectivity index (χ0n) is 10.3. The minimum Gasteiger partial charge on any atom is -0.393 e. The van der Waals surface area contributed by atoms with E-state index < -0.39 is 48.2 Å². The molecule has 0 aromatic carbocycles. The van der Waals surface area contributed by atoms with Crippen LogP contribution in [0.1, 0.15) is 6.23 Å². The molecule has 0 amide bonds.